The Labute approximate surface area is 152 Å². The summed E-state index contributed by atoms with van der Waals surface area (Å²) in [5, 5.41) is 2.25. The summed E-state index contributed by atoms with van der Waals surface area (Å²) in [6.45, 7) is 8.09. The van der Waals surface area contributed by atoms with Gasteiger partial charge in [-0.05, 0) is 19.1 Å². The van der Waals surface area contributed by atoms with Gasteiger partial charge in [-0.2, -0.15) is 0 Å². The van der Waals surface area contributed by atoms with Gasteiger partial charge in [0.2, 0.25) is 10.0 Å². The maximum absolute atomic E-state index is 12.3. The van der Waals surface area contributed by atoms with Crippen LogP contribution in [0.2, 0.25) is 0 Å². The average molecular weight is 382 g/mol. The predicted molar refractivity (Wildman–Crippen MR) is 96.0 cm³/mol. The molecular formula is C17H22N2O6S. The molecule has 1 aromatic rings. The fourth-order valence-electron chi connectivity index (χ4n) is 1.75. The van der Waals surface area contributed by atoms with Crippen molar-refractivity contribution in [3.05, 3.63) is 55.1 Å². The first-order valence-corrected chi connectivity index (χ1v) is 9.16. The van der Waals surface area contributed by atoms with Crippen LogP contribution in [-0.2, 0) is 24.3 Å². The van der Waals surface area contributed by atoms with Crippen molar-refractivity contribution < 1.29 is 27.5 Å². The molecule has 0 unspecified atom stereocenters. The number of ether oxygens (including phenoxy) is 2. The summed E-state index contributed by atoms with van der Waals surface area (Å²) in [5.74, 6) is -0.827. The first kappa shape index (κ1) is 21.4. The van der Waals surface area contributed by atoms with E-state index in [9.17, 15) is 18.0 Å². The number of rotatable bonds is 10. The summed E-state index contributed by atoms with van der Waals surface area (Å²) in [5.41, 5.74) is 0.904. The number of hydrogen-bond acceptors (Lipinski definition) is 6. The molecule has 0 saturated carbocycles. The van der Waals surface area contributed by atoms with Crippen molar-refractivity contribution in [3.63, 3.8) is 0 Å². The first-order chi connectivity index (χ1) is 12.3. The van der Waals surface area contributed by atoms with Crippen LogP contribution in [0.25, 0.3) is 0 Å². The molecule has 1 rings (SSSR count). The molecular weight excluding hydrogens is 360 g/mol. The summed E-state index contributed by atoms with van der Waals surface area (Å²) < 4.78 is 36.5. The smallest absolute Gasteiger partial charge is 0.408 e. The third-order valence-corrected chi connectivity index (χ3v) is 4.50. The minimum atomic E-state index is -3.87. The number of alkyl carbamates (subject to hydrolysis) is 1. The van der Waals surface area contributed by atoms with Gasteiger partial charge in [-0.3, -0.25) is 0 Å². The van der Waals surface area contributed by atoms with E-state index in [4.69, 9.17) is 9.47 Å². The minimum absolute atomic E-state index is 0.0375. The molecule has 0 aliphatic carbocycles. The lowest BCUT2D eigenvalue weighted by molar-refractivity contribution is -0.144. The van der Waals surface area contributed by atoms with Gasteiger partial charge in [0.05, 0.1) is 4.90 Å². The molecule has 1 aromatic carbocycles. The second-order valence-corrected chi connectivity index (χ2v) is 6.93. The van der Waals surface area contributed by atoms with Crippen molar-refractivity contribution in [2.45, 2.75) is 17.9 Å². The highest BCUT2D eigenvalue weighted by Gasteiger charge is 2.25. The number of hydrogen-bond donors (Lipinski definition) is 2. The number of esters is 1. The fourth-order valence-corrected chi connectivity index (χ4v) is 2.79. The van der Waals surface area contributed by atoms with Crippen LogP contribution < -0.4 is 10.0 Å². The normalized spacial score (nSPS) is 11.9. The Morgan fingerprint density at radius 3 is 2.27 bits per heavy atom. The molecule has 0 heterocycles. The highest BCUT2D eigenvalue weighted by molar-refractivity contribution is 7.89. The van der Waals surface area contributed by atoms with E-state index < -0.39 is 34.7 Å². The summed E-state index contributed by atoms with van der Waals surface area (Å²) in [6, 6.07) is 4.90. The van der Waals surface area contributed by atoms with Crippen molar-refractivity contribution in [1.82, 2.24) is 10.0 Å². The SMILES string of the molecule is C=CCOC(=O)N[C@@H](CNS(=O)(=O)c1ccc(C)cc1)C(=O)OCC=C. The zero-order valence-corrected chi connectivity index (χ0v) is 15.3. The van der Waals surface area contributed by atoms with E-state index in [0.29, 0.717) is 0 Å². The topological polar surface area (TPSA) is 111 Å². The molecule has 0 spiro atoms. The molecule has 0 aliphatic rings. The monoisotopic (exact) mass is 382 g/mol. The summed E-state index contributed by atoms with van der Waals surface area (Å²) in [4.78, 5) is 23.7. The van der Waals surface area contributed by atoms with E-state index in [0.717, 1.165) is 5.56 Å². The van der Waals surface area contributed by atoms with Crippen molar-refractivity contribution in [1.29, 1.82) is 0 Å². The molecule has 0 bridgehead atoms. The molecule has 0 radical (unpaired) electrons. The zero-order valence-electron chi connectivity index (χ0n) is 14.4. The van der Waals surface area contributed by atoms with E-state index in [1.54, 1.807) is 12.1 Å². The fraction of sp³-hybridized carbons (Fsp3) is 0.294. The van der Waals surface area contributed by atoms with Gasteiger partial charge in [0.15, 0.2) is 0 Å². The zero-order chi connectivity index (χ0) is 19.6. The molecule has 0 saturated heterocycles. The maximum Gasteiger partial charge on any atom is 0.408 e. The van der Waals surface area contributed by atoms with Gasteiger partial charge in [0, 0.05) is 6.54 Å². The average Bonchev–Trinajstić information content (AvgIpc) is 2.61. The largest absolute Gasteiger partial charge is 0.460 e. The number of aryl methyl sites for hydroxylation is 1. The van der Waals surface area contributed by atoms with E-state index >= 15 is 0 Å². The van der Waals surface area contributed by atoms with E-state index in [-0.39, 0.29) is 18.1 Å². The molecule has 8 nitrogen and oxygen atoms in total. The number of carbonyl (C=O) groups is 2. The Morgan fingerprint density at radius 1 is 1.12 bits per heavy atom. The van der Waals surface area contributed by atoms with Crippen LogP contribution in [0.4, 0.5) is 4.79 Å². The summed E-state index contributed by atoms with van der Waals surface area (Å²) >= 11 is 0. The van der Waals surface area contributed by atoms with Gasteiger partial charge < -0.3 is 14.8 Å². The lowest BCUT2D eigenvalue weighted by Crippen LogP contribution is -2.49. The number of nitrogens with one attached hydrogen (secondary N) is 2. The van der Waals surface area contributed by atoms with Crippen LogP contribution in [-0.4, -0.2) is 46.3 Å². The molecule has 0 aromatic heterocycles. The van der Waals surface area contributed by atoms with Crippen molar-refractivity contribution in [2.75, 3.05) is 19.8 Å². The maximum atomic E-state index is 12.3. The van der Waals surface area contributed by atoms with Crippen LogP contribution >= 0.6 is 0 Å². The van der Waals surface area contributed by atoms with Crippen LogP contribution in [0.1, 0.15) is 5.56 Å². The predicted octanol–water partition coefficient (Wildman–Crippen LogP) is 1.28. The Hall–Kier alpha value is -2.65. The highest BCUT2D eigenvalue weighted by atomic mass is 32.2. The number of sulfonamides is 1. The quantitative estimate of drug-likeness (QED) is 0.466. The van der Waals surface area contributed by atoms with Crippen molar-refractivity contribution >= 4 is 22.1 Å². The van der Waals surface area contributed by atoms with Gasteiger partial charge in [0.1, 0.15) is 19.3 Å². The molecule has 1 amide bonds. The van der Waals surface area contributed by atoms with Crippen molar-refractivity contribution in [2.24, 2.45) is 0 Å². The molecule has 1 atom stereocenters. The number of amides is 1. The number of benzene rings is 1. The van der Waals surface area contributed by atoms with E-state index in [1.165, 1.54) is 24.3 Å². The van der Waals surface area contributed by atoms with E-state index in [1.807, 2.05) is 6.92 Å². The van der Waals surface area contributed by atoms with Gasteiger partial charge in [-0.15, -0.1) is 0 Å². The lowest BCUT2D eigenvalue weighted by Gasteiger charge is -2.17. The van der Waals surface area contributed by atoms with Gasteiger partial charge >= 0.3 is 12.1 Å². The standard InChI is InChI=1S/C17H22N2O6S/c1-4-10-24-16(20)15(19-17(21)25-11-5-2)12-18-26(22,23)14-8-6-13(3)7-9-14/h4-9,15,18H,1-2,10-12H2,3H3,(H,19,21)/t15-/m0/s1. The molecule has 0 aliphatic heterocycles. The molecule has 26 heavy (non-hydrogen) atoms. The second-order valence-electron chi connectivity index (χ2n) is 5.17. The van der Waals surface area contributed by atoms with Crippen LogP contribution in [0, 0.1) is 6.92 Å². The van der Waals surface area contributed by atoms with Crippen LogP contribution in [0.5, 0.6) is 0 Å². The molecule has 142 valence electrons. The Morgan fingerprint density at radius 2 is 1.69 bits per heavy atom. The Balaban J connectivity index is 2.81. The van der Waals surface area contributed by atoms with Gasteiger partial charge in [0.25, 0.3) is 0 Å². The third-order valence-electron chi connectivity index (χ3n) is 3.06. The van der Waals surface area contributed by atoms with E-state index in [2.05, 4.69) is 23.2 Å². The number of carbonyl (C=O) groups excluding carboxylic acids is 2. The molecule has 2 N–H and O–H groups in total. The van der Waals surface area contributed by atoms with Gasteiger partial charge in [-0.1, -0.05) is 43.0 Å². The third kappa shape index (κ3) is 7.08. The first-order valence-electron chi connectivity index (χ1n) is 7.68. The highest BCUT2D eigenvalue weighted by Crippen LogP contribution is 2.09. The summed E-state index contributed by atoms with van der Waals surface area (Å²) in [6.07, 6.45) is 1.80. The molecule has 0 fully saturated rings. The van der Waals surface area contributed by atoms with Gasteiger partial charge in [-0.25, -0.2) is 22.7 Å². The molecule has 9 heteroatoms. The Bertz CT molecular complexity index is 743. The van der Waals surface area contributed by atoms with Crippen LogP contribution in [0.3, 0.4) is 0 Å². The lowest BCUT2D eigenvalue weighted by atomic mass is 10.2. The minimum Gasteiger partial charge on any atom is -0.460 e. The second kappa shape index (κ2) is 10.4. The Kier molecular flexibility index (Phi) is 8.53. The summed E-state index contributed by atoms with van der Waals surface area (Å²) in [7, 11) is -3.87. The van der Waals surface area contributed by atoms with Crippen LogP contribution in [0.15, 0.2) is 54.5 Å². The van der Waals surface area contributed by atoms with Crippen molar-refractivity contribution in [3.8, 4) is 0 Å².